The number of benzene rings is 4. The fourth-order valence-electron chi connectivity index (χ4n) is 10.5. The van der Waals surface area contributed by atoms with Crippen LogP contribution in [0.15, 0.2) is 196 Å². The first-order chi connectivity index (χ1) is 28.1. The molecular weight excluding hydrogens is 732 g/mol. The van der Waals surface area contributed by atoms with Gasteiger partial charge in [0, 0.05) is 21.0 Å². The van der Waals surface area contributed by atoms with E-state index >= 15 is 0 Å². The van der Waals surface area contributed by atoms with Crippen LogP contribution >= 0.6 is 23.5 Å². The topological polar surface area (TPSA) is 13.0 Å². The lowest BCUT2D eigenvalue weighted by atomic mass is 9.41. The maximum absolute atomic E-state index is 10.2. The van der Waals surface area contributed by atoms with Crippen LogP contribution in [0.25, 0.3) is 5.57 Å². The second kappa shape index (κ2) is 13.1. The number of hydrogen-bond donors (Lipinski definition) is 0. The predicted octanol–water partition coefficient (Wildman–Crippen LogP) is 7.14. The lowest BCUT2D eigenvalue weighted by Gasteiger charge is -2.53. The lowest BCUT2D eigenvalue weighted by molar-refractivity contribution is 0.622. The van der Waals surface area contributed by atoms with Crippen LogP contribution in [0.1, 0.15) is 44.1 Å². The molecule has 0 amide bonds. The zero-order valence-electron chi connectivity index (χ0n) is 32.0. The van der Waals surface area contributed by atoms with Crippen LogP contribution in [0, 0.1) is 0 Å². The van der Waals surface area contributed by atoms with Crippen molar-refractivity contribution in [2.24, 2.45) is 0 Å². The van der Waals surface area contributed by atoms with Gasteiger partial charge in [-0.05, 0) is 123 Å². The molecule has 12 rings (SSSR count). The van der Waals surface area contributed by atoms with Gasteiger partial charge in [0.2, 0.25) is 0 Å². The smallest absolute Gasteiger partial charge is 0.381 e. The Morgan fingerprint density at radius 1 is 0.536 bits per heavy atom. The summed E-state index contributed by atoms with van der Waals surface area (Å²) in [5.41, 5.74) is 3.68. The summed E-state index contributed by atoms with van der Waals surface area (Å²) in [6.45, 7) is 0.0295. The molecule has 0 atom stereocenters. The Bertz CT molecular complexity index is 2520. The van der Waals surface area contributed by atoms with Crippen LogP contribution in [0.3, 0.4) is 0 Å². The Labute approximate surface area is 342 Å². The molecule has 1 aliphatic carbocycles. The summed E-state index contributed by atoms with van der Waals surface area (Å²) in [6, 6.07) is 32.6. The fourth-order valence-corrected chi connectivity index (χ4v) is 19.9. The van der Waals surface area contributed by atoms with E-state index < -0.39 is 14.0 Å². The first-order valence-electron chi connectivity index (χ1n) is 20.5. The highest BCUT2D eigenvalue weighted by molar-refractivity contribution is 8.01. The third-order valence-electron chi connectivity index (χ3n) is 12.9. The Balaban J connectivity index is 1.12. The molecule has 8 aliphatic rings. The summed E-state index contributed by atoms with van der Waals surface area (Å²) < 4.78 is 20.2. The van der Waals surface area contributed by atoms with Crippen LogP contribution in [0.4, 0.5) is 0 Å². The molecule has 1 saturated heterocycles. The molecule has 1 spiro atoms. The van der Waals surface area contributed by atoms with Gasteiger partial charge in [-0.2, -0.15) is 0 Å². The zero-order valence-corrected chi connectivity index (χ0v) is 33.6. The summed E-state index contributed by atoms with van der Waals surface area (Å²) in [5.74, 6) is 8.85. The molecule has 0 unspecified atom stereocenters. The van der Waals surface area contributed by atoms with Crippen molar-refractivity contribution in [2.75, 3.05) is 0 Å². The largest absolute Gasteiger partial charge is 0.423 e. The maximum Gasteiger partial charge on any atom is 0.381 e. The van der Waals surface area contributed by atoms with E-state index in [0.717, 1.165) is 25.7 Å². The van der Waals surface area contributed by atoms with Crippen molar-refractivity contribution >= 4 is 85.8 Å². The molecule has 11 heteroatoms. The van der Waals surface area contributed by atoms with Crippen molar-refractivity contribution in [1.82, 2.24) is 18.9 Å². The minimum atomic E-state index is -2.79. The third kappa shape index (κ3) is 4.80. The summed E-state index contributed by atoms with van der Waals surface area (Å²) in [7, 11) is -2.79. The third-order valence-corrected chi connectivity index (χ3v) is 20.9. The summed E-state index contributed by atoms with van der Waals surface area (Å²) in [4.78, 5) is 5.43. The number of allylic oxidation sites excluding steroid dienone is 8. The molecule has 56 heavy (non-hydrogen) atoms. The van der Waals surface area contributed by atoms with Crippen LogP contribution in [0.5, 0.6) is 0 Å². The monoisotopic (exact) mass is 771 g/mol. The molecule has 4 aromatic rings. The van der Waals surface area contributed by atoms with Crippen LogP contribution in [-0.2, 0) is 0 Å². The van der Waals surface area contributed by atoms with Crippen molar-refractivity contribution < 1.29 is 1.37 Å². The van der Waals surface area contributed by atoms with Gasteiger partial charge in [0.05, 0.1) is 0 Å². The van der Waals surface area contributed by atoms with Crippen molar-refractivity contribution in [2.45, 2.75) is 51.2 Å². The maximum atomic E-state index is 10.2. The van der Waals surface area contributed by atoms with Gasteiger partial charge in [0.25, 0.3) is 0 Å². The van der Waals surface area contributed by atoms with Gasteiger partial charge in [0.1, 0.15) is 0 Å². The quantitative estimate of drug-likeness (QED) is 0.173. The van der Waals surface area contributed by atoms with E-state index in [1.807, 2.05) is 23.5 Å². The van der Waals surface area contributed by atoms with E-state index in [0.29, 0.717) is 0 Å². The number of nitrogens with zero attached hydrogens (tertiary/aromatic N) is 4. The highest BCUT2D eigenvalue weighted by Gasteiger charge is 2.53. The molecule has 7 aliphatic heterocycles. The molecule has 7 heterocycles. The van der Waals surface area contributed by atoms with E-state index in [1.165, 1.54) is 57.0 Å². The summed E-state index contributed by atoms with van der Waals surface area (Å²) in [5, 5.41) is 5.89. The van der Waals surface area contributed by atoms with Crippen LogP contribution in [0.2, 0.25) is 0 Å². The van der Waals surface area contributed by atoms with Crippen molar-refractivity contribution in [3.8, 4) is 0 Å². The lowest BCUT2D eigenvalue weighted by Crippen LogP contribution is -2.78. The Morgan fingerprint density at radius 2 is 1.04 bits per heavy atom. The van der Waals surface area contributed by atoms with E-state index in [4.69, 9.17) is 0 Å². The van der Waals surface area contributed by atoms with Crippen molar-refractivity contribution in [1.29, 1.82) is 0 Å². The van der Waals surface area contributed by atoms with Gasteiger partial charge in [0.15, 0.2) is 8.07 Å². The predicted molar refractivity (Wildman–Crippen MR) is 242 cm³/mol. The Hall–Kier alpha value is -4.82. The van der Waals surface area contributed by atoms with Crippen molar-refractivity contribution in [3.63, 3.8) is 0 Å². The van der Waals surface area contributed by atoms with E-state index in [-0.39, 0.29) is 27.9 Å². The molecule has 1 saturated carbocycles. The van der Waals surface area contributed by atoms with Gasteiger partial charge in [-0.25, -0.2) is 0 Å². The molecule has 0 aromatic heterocycles. The van der Waals surface area contributed by atoms with Gasteiger partial charge < -0.3 is 18.9 Å². The number of rotatable bonds is 2. The average Bonchev–Trinajstić information content (AvgIpc) is 3.72. The molecule has 0 N–H and O–H groups in total. The zero-order chi connectivity index (χ0) is 37.7. The first kappa shape index (κ1) is 32.3. The second-order valence-electron chi connectivity index (χ2n) is 15.7. The van der Waals surface area contributed by atoms with E-state index in [2.05, 4.69) is 195 Å². The molecule has 0 bridgehead atoms. The molecule has 0 radical (unpaired) electrons. The van der Waals surface area contributed by atoms with Crippen LogP contribution in [-0.4, -0.2) is 54.9 Å². The van der Waals surface area contributed by atoms with Gasteiger partial charge in [-0.1, -0.05) is 145 Å². The number of hydrogen-bond acceptors (Lipinski definition) is 6. The normalized spacial score (nSPS) is 21.4. The molecule has 4 aromatic carbocycles. The summed E-state index contributed by atoms with van der Waals surface area (Å²) >= 11 is 3.87. The van der Waals surface area contributed by atoms with E-state index in [1.54, 1.807) is 0 Å². The van der Waals surface area contributed by atoms with E-state index in [9.17, 15) is 1.37 Å². The van der Waals surface area contributed by atoms with Crippen molar-refractivity contribution in [3.05, 3.63) is 187 Å². The standard InChI is InChI=1S/C45H38B4N4S2Si/c1-2-16-34(15-1)36-23-24-43-45(55-39-19-5-8-22-42(39)56(43)40-20-6-3-17-37(40)54-38-18-4-7-21-41(38)56)44(36)35-25-32-53-48-28-10-13-30-51(48)46-26-9-12-29-50(46)47-27-11-14-31-52(47)49(53)33-35/h3-14,17-34H,1-2,15-16H2/i34D. The number of fused-ring (bicyclic) bond motifs is 16. The second-order valence-corrected chi connectivity index (χ2v) is 21.5. The molecule has 266 valence electrons. The highest BCUT2D eigenvalue weighted by Crippen LogP contribution is 2.47. The molecular formula is C45H38B4N4S2Si. The average molecular weight is 771 g/mol. The van der Waals surface area contributed by atoms with Crippen LogP contribution < -0.4 is 20.7 Å². The minimum absolute atomic E-state index is 0.0177. The molecule has 2 fully saturated rings. The minimum Gasteiger partial charge on any atom is -0.423 e. The Kier molecular flexibility index (Phi) is 7.56. The van der Waals surface area contributed by atoms with Gasteiger partial charge >= 0.3 is 27.9 Å². The Morgan fingerprint density at radius 3 is 1.61 bits per heavy atom. The highest BCUT2D eigenvalue weighted by atomic mass is 32.2. The molecule has 4 nitrogen and oxygen atoms in total. The SMILES string of the molecule is [2H]C1(c2ccc3c(c2C2=CB4N5C=CC=CB5N5C=CC=CB5N5C=CC=CB5N4C=C2)Sc2ccccc2[Si]32c3ccccc3Sc3ccccc32)CCCC1. The first-order valence-corrected chi connectivity index (χ1v) is 23.6. The van der Waals surface area contributed by atoms with Gasteiger partial charge in [-0.15, -0.1) is 0 Å². The fraction of sp³-hybridized carbons (Fsp3) is 0.111. The summed E-state index contributed by atoms with van der Waals surface area (Å²) in [6.07, 6.45) is 28.5. The van der Waals surface area contributed by atoms with Gasteiger partial charge in [-0.3, -0.25) is 0 Å².